The van der Waals surface area contributed by atoms with E-state index in [-0.39, 0.29) is 11.8 Å². The zero-order valence-electron chi connectivity index (χ0n) is 25.7. The van der Waals surface area contributed by atoms with Gasteiger partial charge in [-0.1, -0.05) is 66.2 Å². The van der Waals surface area contributed by atoms with Crippen molar-refractivity contribution < 1.29 is 28.6 Å². The van der Waals surface area contributed by atoms with E-state index in [2.05, 4.69) is 10.6 Å². The Morgan fingerprint density at radius 3 is 2.22 bits per heavy atom. The summed E-state index contributed by atoms with van der Waals surface area (Å²) in [6.07, 6.45) is 0. The molecular formula is C36H32N2O6S2. The molecule has 234 valence electrons. The van der Waals surface area contributed by atoms with E-state index < -0.39 is 11.2 Å². The second-order valence-corrected chi connectivity index (χ2v) is 12.2. The average molecular weight is 653 g/mol. The Morgan fingerprint density at radius 2 is 1.52 bits per heavy atom. The number of rotatable bonds is 11. The maximum Gasteiger partial charge on any atom is 0.341 e. The molecule has 1 aromatic heterocycles. The third kappa shape index (κ3) is 7.42. The first-order valence-electron chi connectivity index (χ1n) is 14.2. The van der Waals surface area contributed by atoms with Crippen LogP contribution in [-0.4, -0.2) is 39.1 Å². The first-order valence-corrected chi connectivity index (χ1v) is 16.0. The van der Waals surface area contributed by atoms with E-state index >= 15 is 0 Å². The fraction of sp³-hybridized carbons (Fsp3) is 0.139. The molecule has 2 N–H and O–H groups in total. The van der Waals surface area contributed by atoms with Gasteiger partial charge in [-0.25, -0.2) is 4.79 Å². The lowest BCUT2D eigenvalue weighted by Crippen LogP contribution is -2.20. The van der Waals surface area contributed by atoms with Crippen molar-refractivity contribution in [3.63, 3.8) is 0 Å². The highest BCUT2D eigenvalue weighted by Crippen LogP contribution is 2.40. The number of thiophene rings is 1. The molecule has 0 saturated heterocycles. The Labute approximate surface area is 275 Å². The van der Waals surface area contributed by atoms with Gasteiger partial charge >= 0.3 is 5.97 Å². The molecule has 0 aliphatic rings. The molecule has 5 rings (SSSR count). The third-order valence-electron chi connectivity index (χ3n) is 7.11. The van der Waals surface area contributed by atoms with E-state index in [0.717, 1.165) is 21.6 Å². The molecule has 1 unspecified atom stereocenters. The molecule has 8 nitrogen and oxygen atoms in total. The van der Waals surface area contributed by atoms with Gasteiger partial charge in [0.2, 0.25) is 5.91 Å². The smallest absolute Gasteiger partial charge is 0.341 e. The van der Waals surface area contributed by atoms with Gasteiger partial charge in [0.15, 0.2) is 11.5 Å². The van der Waals surface area contributed by atoms with E-state index in [1.807, 2.05) is 85.1 Å². The van der Waals surface area contributed by atoms with Gasteiger partial charge < -0.3 is 24.8 Å². The normalized spacial score (nSPS) is 11.3. The van der Waals surface area contributed by atoms with E-state index in [1.54, 1.807) is 24.3 Å². The fourth-order valence-electron chi connectivity index (χ4n) is 4.74. The molecule has 2 amide bonds. The number of thioether (sulfide) groups is 1. The van der Waals surface area contributed by atoms with Gasteiger partial charge in [0.1, 0.15) is 15.8 Å². The topological polar surface area (TPSA) is 103 Å². The lowest BCUT2D eigenvalue weighted by molar-refractivity contribution is -0.115. The van der Waals surface area contributed by atoms with Crippen molar-refractivity contribution in [1.29, 1.82) is 0 Å². The molecule has 0 spiro atoms. The molecule has 0 aliphatic carbocycles. The van der Waals surface area contributed by atoms with Gasteiger partial charge in [0.25, 0.3) is 5.91 Å². The molecular weight excluding hydrogens is 621 g/mol. The summed E-state index contributed by atoms with van der Waals surface area (Å²) < 4.78 is 15.7. The van der Waals surface area contributed by atoms with Crippen LogP contribution in [-0.2, 0) is 9.53 Å². The molecule has 0 aliphatic heterocycles. The van der Waals surface area contributed by atoms with Crippen LogP contribution in [0.3, 0.4) is 0 Å². The Bertz CT molecular complexity index is 1850. The lowest BCUT2D eigenvalue weighted by Gasteiger charge is -2.18. The monoisotopic (exact) mass is 652 g/mol. The second kappa shape index (κ2) is 14.8. The van der Waals surface area contributed by atoms with Crippen LogP contribution >= 0.6 is 23.1 Å². The Kier molecular flexibility index (Phi) is 10.4. The first-order chi connectivity index (χ1) is 22.3. The Hall–Kier alpha value is -5.06. The van der Waals surface area contributed by atoms with E-state index in [4.69, 9.17) is 14.2 Å². The number of ether oxygens (including phenoxy) is 3. The van der Waals surface area contributed by atoms with Crippen molar-refractivity contribution in [1.82, 2.24) is 0 Å². The Morgan fingerprint density at radius 1 is 0.783 bits per heavy atom. The average Bonchev–Trinajstić information content (AvgIpc) is 3.50. The molecule has 1 heterocycles. The number of carbonyl (C=O) groups is 3. The van der Waals surface area contributed by atoms with Crippen LogP contribution in [0, 0.1) is 6.92 Å². The SMILES string of the molecule is COC(=O)c1c(-c2ccc(C)cc2)csc1NC(=O)C(Sc1cccc(NC(=O)c2ccc(OC)c(OC)c2)c1)c1ccccc1. The molecule has 1 atom stereocenters. The highest BCUT2D eigenvalue weighted by Gasteiger charge is 2.27. The summed E-state index contributed by atoms with van der Waals surface area (Å²) in [4.78, 5) is 40.7. The van der Waals surface area contributed by atoms with E-state index in [1.165, 1.54) is 44.4 Å². The number of carbonyl (C=O) groups excluding carboxylic acids is 3. The van der Waals surface area contributed by atoms with Crippen molar-refractivity contribution in [3.8, 4) is 22.6 Å². The molecule has 4 aromatic carbocycles. The highest BCUT2D eigenvalue weighted by molar-refractivity contribution is 8.00. The van der Waals surface area contributed by atoms with Gasteiger partial charge in [-0.15, -0.1) is 23.1 Å². The van der Waals surface area contributed by atoms with Crippen LogP contribution in [0.4, 0.5) is 10.7 Å². The van der Waals surface area contributed by atoms with Crippen molar-refractivity contribution in [2.45, 2.75) is 17.1 Å². The zero-order chi connectivity index (χ0) is 32.6. The molecule has 5 aromatic rings. The van der Waals surface area contributed by atoms with Crippen LogP contribution in [0.15, 0.2) is 107 Å². The number of esters is 1. The van der Waals surface area contributed by atoms with Crippen molar-refractivity contribution in [2.75, 3.05) is 32.0 Å². The number of anilines is 2. The maximum absolute atomic E-state index is 14.0. The summed E-state index contributed by atoms with van der Waals surface area (Å²) >= 11 is 2.60. The summed E-state index contributed by atoms with van der Waals surface area (Å²) in [5.41, 5.74) is 4.68. The molecule has 0 fully saturated rings. The third-order valence-corrected chi connectivity index (χ3v) is 9.26. The summed E-state index contributed by atoms with van der Waals surface area (Å²) in [6, 6.07) is 29.4. The minimum absolute atomic E-state index is 0.307. The minimum Gasteiger partial charge on any atom is -0.493 e. The molecule has 10 heteroatoms. The number of hydrogen-bond acceptors (Lipinski definition) is 8. The highest BCUT2D eigenvalue weighted by atomic mass is 32.2. The minimum atomic E-state index is -0.673. The molecule has 0 bridgehead atoms. The second-order valence-electron chi connectivity index (χ2n) is 10.2. The Balaban J connectivity index is 1.40. The lowest BCUT2D eigenvalue weighted by atomic mass is 10.0. The van der Waals surface area contributed by atoms with Crippen molar-refractivity contribution in [2.24, 2.45) is 0 Å². The molecule has 0 saturated carbocycles. The van der Waals surface area contributed by atoms with Gasteiger partial charge in [-0.2, -0.15) is 0 Å². The number of benzene rings is 4. The van der Waals surface area contributed by atoms with Crippen LogP contribution in [0.1, 0.15) is 37.1 Å². The zero-order valence-corrected chi connectivity index (χ0v) is 27.3. The maximum atomic E-state index is 14.0. The molecule has 46 heavy (non-hydrogen) atoms. The standard InChI is InChI=1S/C36H32N2O6S2/c1-22-13-15-23(16-14-22)28-21-45-35(31(28)36(41)44-4)38-34(40)32(24-9-6-5-7-10-24)46-27-12-8-11-26(20-27)37-33(39)25-17-18-29(42-2)30(19-25)43-3/h5-21,32H,1-4H3,(H,37,39)(H,38,40). The van der Waals surface area contributed by atoms with Gasteiger partial charge in [-0.05, 0) is 54.4 Å². The van der Waals surface area contributed by atoms with Crippen molar-refractivity contribution in [3.05, 3.63) is 125 Å². The van der Waals surface area contributed by atoms with Crippen LogP contribution in [0.2, 0.25) is 0 Å². The summed E-state index contributed by atoms with van der Waals surface area (Å²) in [5.74, 6) is -0.191. The predicted octanol–water partition coefficient (Wildman–Crippen LogP) is 8.25. The number of nitrogens with one attached hydrogen (secondary N) is 2. The number of hydrogen-bond donors (Lipinski definition) is 2. The number of amides is 2. The first kappa shape index (κ1) is 32.3. The number of aryl methyl sites for hydroxylation is 1. The quantitative estimate of drug-likeness (QED) is 0.109. The summed E-state index contributed by atoms with van der Waals surface area (Å²) in [7, 11) is 4.37. The molecule has 0 radical (unpaired) electrons. The predicted molar refractivity (Wildman–Crippen MR) is 183 cm³/mol. The van der Waals surface area contributed by atoms with E-state index in [0.29, 0.717) is 38.9 Å². The summed E-state index contributed by atoms with van der Waals surface area (Å²) in [6.45, 7) is 1.99. The fourth-order valence-corrected chi connectivity index (χ4v) is 6.79. The largest absolute Gasteiger partial charge is 0.493 e. The van der Waals surface area contributed by atoms with Crippen LogP contribution in [0.5, 0.6) is 11.5 Å². The number of methoxy groups -OCH3 is 3. The van der Waals surface area contributed by atoms with Crippen LogP contribution in [0.25, 0.3) is 11.1 Å². The van der Waals surface area contributed by atoms with Gasteiger partial charge in [-0.3, -0.25) is 9.59 Å². The van der Waals surface area contributed by atoms with Gasteiger partial charge in [0, 0.05) is 27.1 Å². The van der Waals surface area contributed by atoms with E-state index in [9.17, 15) is 14.4 Å². The van der Waals surface area contributed by atoms with Crippen LogP contribution < -0.4 is 20.1 Å². The van der Waals surface area contributed by atoms with Crippen molar-refractivity contribution >= 4 is 51.6 Å². The summed E-state index contributed by atoms with van der Waals surface area (Å²) in [5, 5.41) is 7.50. The van der Waals surface area contributed by atoms with Gasteiger partial charge in [0.05, 0.1) is 21.3 Å².